The van der Waals surface area contributed by atoms with Crippen LogP contribution in [-0.4, -0.2) is 25.7 Å². The molecule has 1 aliphatic heterocycles. The number of hydrogen-bond acceptors (Lipinski definition) is 4. The zero-order valence-corrected chi connectivity index (χ0v) is 9.65. The van der Waals surface area contributed by atoms with E-state index in [2.05, 4.69) is 4.90 Å². The van der Waals surface area contributed by atoms with Gasteiger partial charge in [0.05, 0.1) is 12.3 Å². The van der Waals surface area contributed by atoms with Crippen molar-refractivity contribution in [2.45, 2.75) is 19.4 Å². The fourth-order valence-corrected chi connectivity index (χ4v) is 2.07. The smallest absolute Gasteiger partial charge is 0.144 e. The predicted molar refractivity (Wildman–Crippen MR) is 66.8 cm³/mol. The van der Waals surface area contributed by atoms with Crippen LogP contribution >= 0.6 is 0 Å². The first-order valence-electron chi connectivity index (χ1n) is 5.73. The van der Waals surface area contributed by atoms with Crippen LogP contribution in [0.1, 0.15) is 13.3 Å². The summed E-state index contributed by atoms with van der Waals surface area (Å²) in [5.41, 5.74) is 13.5. The van der Waals surface area contributed by atoms with Crippen LogP contribution in [0.2, 0.25) is 0 Å². The summed E-state index contributed by atoms with van der Waals surface area (Å²) in [6, 6.07) is 6.06. The Morgan fingerprint density at radius 2 is 2.31 bits per heavy atom. The molecule has 16 heavy (non-hydrogen) atoms. The van der Waals surface area contributed by atoms with Gasteiger partial charge in [-0.25, -0.2) is 0 Å². The quantitative estimate of drug-likeness (QED) is 0.753. The van der Waals surface area contributed by atoms with E-state index in [-0.39, 0.29) is 6.04 Å². The molecule has 0 amide bonds. The summed E-state index contributed by atoms with van der Waals surface area (Å²) >= 11 is 0. The van der Waals surface area contributed by atoms with Crippen molar-refractivity contribution in [3.05, 3.63) is 18.2 Å². The highest BCUT2D eigenvalue weighted by atomic mass is 16.5. The summed E-state index contributed by atoms with van der Waals surface area (Å²) in [5.74, 6) is 0.858. The Morgan fingerprint density at radius 1 is 1.50 bits per heavy atom. The van der Waals surface area contributed by atoms with E-state index < -0.39 is 0 Å². The second kappa shape index (κ2) is 4.61. The molecule has 0 radical (unpaired) electrons. The monoisotopic (exact) mass is 221 g/mol. The van der Waals surface area contributed by atoms with E-state index in [9.17, 15) is 0 Å². The van der Waals surface area contributed by atoms with Crippen molar-refractivity contribution in [3.63, 3.8) is 0 Å². The van der Waals surface area contributed by atoms with Crippen molar-refractivity contribution in [2.24, 2.45) is 5.73 Å². The minimum absolute atomic E-state index is 0.270. The minimum atomic E-state index is 0.270. The summed E-state index contributed by atoms with van der Waals surface area (Å²) in [7, 11) is 0. The van der Waals surface area contributed by atoms with Gasteiger partial charge in [-0.2, -0.15) is 0 Å². The maximum absolute atomic E-state index is 5.91. The largest absolute Gasteiger partial charge is 0.492 e. The maximum atomic E-state index is 5.91. The van der Waals surface area contributed by atoms with E-state index in [1.807, 2.05) is 25.1 Å². The summed E-state index contributed by atoms with van der Waals surface area (Å²) < 4.78 is 5.60. The fourth-order valence-electron chi connectivity index (χ4n) is 2.07. The van der Waals surface area contributed by atoms with E-state index in [1.54, 1.807) is 0 Å². The van der Waals surface area contributed by atoms with E-state index in [0.29, 0.717) is 6.61 Å². The lowest BCUT2D eigenvalue weighted by Crippen LogP contribution is -2.26. The van der Waals surface area contributed by atoms with Crippen molar-refractivity contribution in [3.8, 4) is 5.75 Å². The van der Waals surface area contributed by atoms with Crippen molar-refractivity contribution in [2.75, 3.05) is 30.3 Å². The Labute approximate surface area is 96.2 Å². The highest BCUT2D eigenvalue weighted by molar-refractivity contribution is 5.64. The molecular formula is C12H19N3O. The summed E-state index contributed by atoms with van der Waals surface area (Å²) in [6.45, 7) is 4.51. The fraction of sp³-hybridized carbons (Fsp3) is 0.500. The van der Waals surface area contributed by atoms with Gasteiger partial charge in [-0.1, -0.05) is 0 Å². The Balaban J connectivity index is 2.25. The van der Waals surface area contributed by atoms with E-state index >= 15 is 0 Å². The third-order valence-corrected chi connectivity index (χ3v) is 2.85. The lowest BCUT2D eigenvalue weighted by molar-refractivity contribution is 0.341. The molecule has 1 aliphatic rings. The SMILES string of the molecule is CCOc1cc(N)ccc1N1CCC(N)C1. The molecule has 1 atom stereocenters. The first kappa shape index (κ1) is 11.1. The summed E-state index contributed by atoms with van der Waals surface area (Å²) in [4.78, 5) is 2.26. The number of anilines is 2. The van der Waals surface area contributed by atoms with Crippen LogP contribution < -0.4 is 21.1 Å². The molecular weight excluding hydrogens is 202 g/mol. The standard InChI is InChI=1S/C12H19N3O/c1-2-16-12-7-9(13)3-4-11(12)15-6-5-10(14)8-15/h3-4,7,10H,2,5-6,8,13-14H2,1H3. The van der Waals surface area contributed by atoms with Crippen molar-refractivity contribution >= 4 is 11.4 Å². The van der Waals surface area contributed by atoms with Crippen molar-refractivity contribution in [1.82, 2.24) is 0 Å². The van der Waals surface area contributed by atoms with Gasteiger partial charge in [0.15, 0.2) is 0 Å². The zero-order chi connectivity index (χ0) is 11.5. The van der Waals surface area contributed by atoms with Crippen LogP contribution in [0.5, 0.6) is 5.75 Å². The molecule has 4 heteroatoms. The molecule has 1 aromatic carbocycles. The van der Waals surface area contributed by atoms with Crippen LogP contribution in [0.4, 0.5) is 11.4 Å². The van der Waals surface area contributed by atoms with Crippen LogP contribution in [0.15, 0.2) is 18.2 Å². The lowest BCUT2D eigenvalue weighted by Gasteiger charge is -2.21. The molecule has 2 rings (SSSR count). The van der Waals surface area contributed by atoms with Gasteiger partial charge < -0.3 is 21.1 Å². The molecule has 0 spiro atoms. The van der Waals surface area contributed by atoms with E-state index in [0.717, 1.165) is 36.6 Å². The minimum Gasteiger partial charge on any atom is -0.492 e. The Hall–Kier alpha value is -1.42. The molecule has 4 N–H and O–H groups in total. The molecule has 1 fully saturated rings. The Morgan fingerprint density at radius 3 is 2.94 bits per heavy atom. The number of nitrogens with zero attached hydrogens (tertiary/aromatic N) is 1. The molecule has 0 bridgehead atoms. The number of ether oxygens (including phenoxy) is 1. The molecule has 0 aliphatic carbocycles. The number of nitrogen functional groups attached to an aromatic ring is 1. The first-order chi connectivity index (χ1) is 7.70. The highest BCUT2D eigenvalue weighted by Crippen LogP contribution is 2.32. The zero-order valence-electron chi connectivity index (χ0n) is 9.65. The van der Waals surface area contributed by atoms with Gasteiger partial charge in [0.25, 0.3) is 0 Å². The molecule has 1 aromatic rings. The van der Waals surface area contributed by atoms with Gasteiger partial charge in [0.1, 0.15) is 5.75 Å². The van der Waals surface area contributed by atoms with Gasteiger partial charge in [0, 0.05) is 30.9 Å². The van der Waals surface area contributed by atoms with Gasteiger partial charge in [-0.05, 0) is 25.5 Å². The second-order valence-corrected chi connectivity index (χ2v) is 4.15. The van der Waals surface area contributed by atoms with Crippen LogP contribution in [0, 0.1) is 0 Å². The molecule has 1 unspecified atom stereocenters. The molecule has 4 nitrogen and oxygen atoms in total. The highest BCUT2D eigenvalue weighted by Gasteiger charge is 2.21. The summed E-state index contributed by atoms with van der Waals surface area (Å²) in [5, 5.41) is 0. The third-order valence-electron chi connectivity index (χ3n) is 2.85. The maximum Gasteiger partial charge on any atom is 0.144 e. The molecule has 0 saturated carbocycles. The predicted octanol–water partition coefficient (Wildman–Crippen LogP) is 1.20. The van der Waals surface area contributed by atoms with Crippen molar-refractivity contribution < 1.29 is 4.74 Å². The van der Waals surface area contributed by atoms with E-state index in [4.69, 9.17) is 16.2 Å². The topological polar surface area (TPSA) is 64.5 Å². The molecule has 0 aromatic heterocycles. The van der Waals surface area contributed by atoms with Gasteiger partial charge in [0.2, 0.25) is 0 Å². The Kier molecular flexibility index (Phi) is 3.19. The Bertz CT molecular complexity index is 367. The van der Waals surface area contributed by atoms with E-state index in [1.165, 1.54) is 0 Å². The van der Waals surface area contributed by atoms with Crippen LogP contribution in [0.3, 0.4) is 0 Å². The van der Waals surface area contributed by atoms with Gasteiger partial charge in [-0.3, -0.25) is 0 Å². The average molecular weight is 221 g/mol. The lowest BCUT2D eigenvalue weighted by atomic mass is 10.2. The summed E-state index contributed by atoms with van der Waals surface area (Å²) in [6.07, 6.45) is 1.04. The normalized spacial score (nSPS) is 20.1. The molecule has 88 valence electrons. The van der Waals surface area contributed by atoms with Crippen LogP contribution in [-0.2, 0) is 0 Å². The number of hydrogen-bond donors (Lipinski definition) is 2. The van der Waals surface area contributed by atoms with Crippen molar-refractivity contribution in [1.29, 1.82) is 0 Å². The number of benzene rings is 1. The van der Waals surface area contributed by atoms with Crippen LogP contribution in [0.25, 0.3) is 0 Å². The third kappa shape index (κ3) is 2.22. The van der Waals surface area contributed by atoms with Gasteiger partial charge >= 0.3 is 0 Å². The number of nitrogens with two attached hydrogens (primary N) is 2. The van der Waals surface area contributed by atoms with Gasteiger partial charge in [-0.15, -0.1) is 0 Å². The number of rotatable bonds is 3. The molecule has 1 heterocycles. The molecule has 1 saturated heterocycles. The first-order valence-corrected chi connectivity index (χ1v) is 5.73. The average Bonchev–Trinajstić information content (AvgIpc) is 2.65. The second-order valence-electron chi connectivity index (χ2n) is 4.15.